The molecule has 1 rings (SSSR count). The van der Waals surface area contributed by atoms with Crippen molar-refractivity contribution in [2.45, 2.75) is 32.1 Å². The minimum atomic E-state index is -3.11. The van der Waals surface area contributed by atoms with Crippen molar-refractivity contribution < 1.29 is 13.2 Å². The molecule has 0 aliphatic heterocycles. The topological polar surface area (TPSA) is 79.8 Å². The molecule has 0 spiro atoms. The molecule has 1 atom stereocenters. The molecule has 25 heavy (non-hydrogen) atoms. The zero-order valence-electron chi connectivity index (χ0n) is 15.2. The maximum absolute atomic E-state index is 12.1. The van der Waals surface area contributed by atoms with E-state index in [1.165, 1.54) is 0 Å². The Balaban J connectivity index is 0.00000576. The Morgan fingerprint density at radius 1 is 1.28 bits per heavy atom. The Bertz CT molecular complexity index is 594. The average Bonchev–Trinajstić information content (AvgIpc) is 2.52. The van der Waals surface area contributed by atoms with Gasteiger partial charge in [-0.2, -0.15) is 0 Å². The fourth-order valence-electron chi connectivity index (χ4n) is 2.22. The normalized spacial score (nSPS) is 13.0. The fourth-order valence-corrected chi connectivity index (χ4v) is 3.63. The predicted molar refractivity (Wildman–Crippen MR) is 114 cm³/mol. The molecule has 1 aromatic rings. The van der Waals surface area contributed by atoms with E-state index in [-0.39, 0.29) is 41.5 Å². The fraction of sp³-hybridized carbons (Fsp3) is 0.588. The summed E-state index contributed by atoms with van der Waals surface area (Å²) in [5.74, 6) is 0.904. The van der Waals surface area contributed by atoms with E-state index < -0.39 is 9.84 Å². The van der Waals surface area contributed by atoms with E-state index in [0.717, 1.165) is 12.1 Å². The van der Waals surface area contributed by atoms with Gasteiger partial charge in [-0.15, -0.1) is 24.0 Å². The first-order valence-corrected chi connectivity index (χ1v) is 10.1. The van der Waals surface area contributed by atoms with E-state index in [1.54, 1.807) is 7.11 Å². The number of nitrogens with zero attached hydrogens (tertiary/aromatic N) is 1. The molecule has 0 saturated carbocycles. The molecule has 0 aliphatic rings. The molecule has 0 radical (unpaired) electrons. The van der Waals surface area contributed by atoms with Gasteiger partial charge < -0.3 is 15.4 Å². The van der Waals surface area contributed by atoms with Gasteiger partial charge in [-0.1, -0.05) is 30.3 Å². The van der Waals surface area contributed by atoms with E-state index in [4.69, 9.17) is 4.74 Å². The number of methoxy groups -OCH3 is 1. The molecule has 0 aromatic heterocycles. The number of halogens is 1. The highest BCUT2D eigenvalue weighted by atomic mass is 127. The third-order valence-corrected chi connectivity index (χ3v) is 4.94. The third kappa shape index (κ3) is 11.4. The Hall–Kier alpha value is -0.870. The van der Waals surface area contributed by atoms with Crippen molar-refractivity contribution >= 4 is 39.8 Å². The van der Waals surface area contributed by atoms with Crippen LogP contribution < -0.4 is 10.6 Å². The highest BCUT2D eigenvalue weighted by Crippen LogP contribution is 2.07. The Morgan fingerprint density at radius 3 is 2.56 bits per heavy atom. The van der Waals surface area contributed by atoms with Gasteiger partial charge in [0.15, 0.2) is 15.8 Å². The van der Waals surface area contributed by atoms with Gasteiger partial charge >= 0.3 is 0 Å². The van der Waals surface area contributed by atoms with Crippen molar-refractivity contribution in [3.8, 4) is 0 Å². The summed E-state index contributed by atoms with van der Waals surface area (Å²) in [4.78, 5) is 4.42. The van der Waals surface area contributed by atoms with E-state index >= 15 is 0 Å². The highest BCUT2D eigenvalue weighted by molar-refractivity contribution is 14.0. The second kappa shape index (κ2) is 13.3. The van der Waals surface area contributed by atoms with Gasteiger partial charge in [0, 0.05) is 26.2 Å². The number of aliphatic imine (C=N–C) groups is 1. The summed E-state index contributed by atoms with van der Waals surface area (Å²) in [6.07, 6.45) is 0.504. The maximum atomic E-state index is 12.1. The monoisotopic (exact) mass is 483 g/mol. The molecule has 0 bridgehead atoms. The molecule has 0 heterocycles. The van der Waals surface area contributed by atoms with E-state index in [1.807, 2.05) is 44.2 Å². The van der Waals surface area contributed by atoms with Crippen molar-refractivity contribution in [1.29, 1.82) is 0 Å². The van der Waals surface area contributed by atoms with Crippen LogP contribution in [0.1, 0.15) is 25.8 Å². The zero-order chi connectivity index (χ0) is 17.8. The van der Waals surface area contributed by atoms with Crippen LogP contribution in [0.4, 0.5) is 0 Å². The van der Waals surface area contributed by atoms with Gasteiger partial charge in [0.2, 0.25) is 0 Å². The molecule has 0 saturated heterocycles. The summed E-state index contributed by atoms with van der Waals surface area (Å²) in [6.45, 7) is 5.78. The van der Waals surface area contributed by atoms with Crippen molar-refractivity contribution in [1.82, 2.24) is 10.6 Å². The quantitative estimate of drug-likeness (QED) is 0.231. The standard InChI is InChI=1S/C17H29N3O3S.HI/c1-4-18-17(20-15(2)13-23-3)19-11-8-12-24(21,22)14-16-9-6-5-7-10-16;/h5-7,9-10,15H,4,8,11-14H2,1-3H3,(H2,18,19,20);1H. The van der Waals surface area contributed by atoms with Crippen LogP contribution in [0.5, 0.6) is 0 Å². The lowest BCUT2D eigenvalue weighted by atomic mass is 10.2. The van der Waals surface area contributed by atoms with Crippen molar-refractivity contribution in [2.24, 2.45) is 4.99 Å². The lowest BCUT2D eigenvalue weighted by molar-refractivity contribution is 0.179. The average molecular weight is 483 g/mol. The second-order valence-electron chi connectivity index (χ2n) is 5.69. The number of nitrogens with one attached hydrogen (secondary N) is 2. The summed E-state index contributed by atoms with van der Waals surface area (Å²) in [6, 6.07) is 9.38. The minimum absolute atomic E-state index is 0. The summed E-state index contributed by atoms with van der Waals surface area (Å²) >= 11 is 0. The number of rotatable bonds is 10. The van der Waals surface area contributed by atoms with Crippen LogP contribution >= 0.6 is 24.0 Å². The van der Waals surface area contributed by atoms with Gasteiger partial charge in [0.25, 0.3) is 0 Å². The third-order valence-electron chi connectivity index (χ3n) is 3.26. The van der Waals surface area contributed by atoms with Crippen molar-refractivity contribution in [3.05, 3.63) is 35.9 Å². The summed E-state index contributed by atoms with van der Waals surface area (Å²) in [5, 5.41) is 6.36. The number of hydrogen-bond donors (Lipinski definition) is 2. The molecule has 8 heteroatoms. The zero-order valence-corrected chi connectivity index (χ0v) is 18.3. The number of ether oxygens (including phenoxy) is 1. The smallest absolute Gasteiger partial charge is 0.191 e. The van der Waals surface area contributed by atoms with E-state index in [2.05, 4.69) is 15.6 Å². The summed E-state index contributed by atoms with van der Waals surface area (Å²) < 4.78 is 29.4. The number of benzene rings is 1. The van der Waals surface area contributed by atoms with Gasteiger partial charge in [0.1, 0.15) is 0 Å². The van der Waals surface area contributed by atoms with Crippen LogP contribution in [-0.4, -0.2) is 53.0 Å². The molecule has 0 fully saturated rings. The Labute approximate surface area is 168 Å². The lowest BCUT2D eigenvalue weighted by Crippen LogP contribution is -2.44. The molecule has 1 aromatic carbocycles. The van der Waals surface area contributed by atoms with Crippen molar-refractivity contribution in [2.75, 3.05) is 32.6 Å². The molecule has 0 aliphatic carbocycles. The number of guanidine groups is 1. The van der Waals surface area contributed by atoms with Gasteiger partial charge in [0.05, 0.1) is 18.1 Å². The highest BCUT2D eigenvalue weighted by Gasteiger charge is 2.11. The van der Waals surface area contributed by atoms with Gasteiger partial charge in [-0.3, -0.25) is 4.99 Å². The van der Waals surface area contributed by atoms with Crippen LogP contribution in [0.2, 0.25) is 0 Å². The first-order chi connectivity index (χ1) is 11.5. The van der Waals surface area contributed by atoms with Crippen LogP contribution in [0.15, 0.2) is 35.3 Å². The molecule has 144 valence electrons. The minimum Gasteiger partial charge on any atom is -0.383 e. The number of sulfone groups is 1. The predicted octanol–water partition coefficient (Wildman–Crippen LogP) is 2.20. The SMILES string of the molecule is CCNC(=NCCCS(=O)(=O)Cc1ccccc1)NC(C)COC.I. The van der Waals surface area contributed by atoms with Crippen LogP contribution in [0.3, 0.4) is 0 Å². The van der Waals surface area contributed by atoms with Crippen molar-refractivity contribution in [3.63, 3.8) is 0 Å². The summed E-state index contributed by atoms with van der Waals surface area (Å²) in [7, 11) is -1.45. The first-order valence-electron chi connectivity index (χ1n) is 8.25. The van der Waals surface area contributed by atoms with E-state index in [0.29, 0.717) is 25.5 Å². The largest absolute Gasteiger partial charge is 0.383 e. The molecule has 6 nitrogen and oxygen atoms in total. The molecular formula is C17H30IN3O3S. The van der Waals surface area contributed by atoms with Crippen LogP contribution in [0, 0.1) is 0 Å². The lowest BCUT2D eigenvalue weighted by Gasteiger charge is -2.16. The molecular weight excluding hydrogens is 453 g/mol. The Kier molecular flexibility index (Phi) is 12.9. The van der Waals surface area contributed by atoms with Gasteiger partial charge in [-0.05, 0) is 25.8 Å². The second-order valence-corrected chi connectivity index (χ2v) is 7.88. The van der Waals surface area contributed by atoms with Crippen LogP contribution in [0.25, 0.3) is 0 Å². The molecule has 1 unspecified atom stereocenters. The maximum Gasteiger partial charge on any atom is 0.191 e. The number of hydrogen-bond acceptors (Lipinski definition) is 4. The Morgan fingerprint density at radius 2 is 1.96 bits per heavy atom. The molecule has 2 N–H and O–H groups in total. The van der Waals surface area contributed by atoms with Gasteiger partial charge in [-0.25, -0.2) is 8.42 Å². The van der Waals surface area contributed by atoms with E-state index in [9.17, 15) is 8.42 Å². The first kappa shape index (κ1) is 24.1. The molecule has 0 amide bonds. The summed E-state index contributed by atoms with van der Waals surface area (Å²) in [5.41, 5.74) is 0.824. The van der Waals surface area contributed by atoms with Crippen LogP contribution in [-0.2, 0) is 20.3 Å².